The van der Waals surface area contributed by atoms with Crippen LogP contribution in [0.25, 0.3) is 0 Å². The van der Waals surface area contributed by atoms with Crippen molar-refractivity contribution < 1.29 is 27.4 Å². The molecule has 1 aromatic heterocycles. The number of hydrogen-bond acceptors (Lipinski definition) is 4. The summed E-state index contributed by atoms with van der Waals surface area (Å²) >= 11 is 0. The fourth-order valence-corrected chi connectivity index (χ4v) is 1.13. The van der Waals surface area contributed by atoms with Crippen LogP contribution in [0.3, 0.4) is 0 Å². The highest BCUT2D eigenvalue weighted by atomic mass is 19.4. The van der Waals surface area contributed by atoms with Crippen LogP contribution in [0.15, 0.2) is 12.3 Å². The minimum Gasteiger partial charge on any atom is -0.494 e. The fourth-order valence-electron chi connectivity index (χ4n) is 1.13. The van der Waals surface area contributed by atoms with Gasteiger partial charge in [-0.1, -0.05) is 0 Å². The van der Waals surface area contributed by atoms with Crippen LogP contribution < -0.4 is 4.74 Å². The maximum Gasteiger partial charge on any atom is 0.433 e. The number of carbonyl (C=O) groups excluding carboxylic acids is 1. The molecule has 1 aromatic rings. The third kappa shape index (κ3) is 3.08. The van der Waals surface area contributed by atoms with Crippen molar-refractivity contribution in [2.75, 3.05) is 13.7 Å². The molecule has 1 heterocycles. The Morgan fingerprint density at radius 3 is 2.59 bits per heavy atom. The average molecular weight is 249 g/mol. The first-order chi connectivity index (χ1) is 7.90. The van der Waals surface area contributed by atoms with E-state index in [1.54, 1.807) is 6.92 Å². The maximum atomic E-state index is 12.4. The number of pyridine rings is 1. The standard InChI is InChI=1S/C10H10F3NO3/c1-3-17-9(15)6-4-8(10(11,12)13)14-5-7(6)16-2/h4-5H,3H2,1-2H3. The van der Waals surface area contributed by atoms with Gasteiger partial charge in [-0.15, -0.1) is 0 Å². The molecule has 0 unspecified atom stereocenters. The molecule has 1 rings (SSSR count). The number of ether oxygens (including phenoxy) is 2. The lowest BCUT2D eigenvalue weighted by molar-refractivity contribution is -0.141. The van der Waals surface area contributed by atoms with Gasteiger partial charge in [-0.25, -0.2) is 9.78 Å². The number of nitrogens with zero attached hydrogens (tertiary/aromatic N) is 1. The van der Waals surface area contributed by atoms with Crippen molar-refractivity contribution in [2.24, 2.45) is 0 Å². The van der Waals surface area contributed by atoms with Crippen molar-refractivity contribution >= 4 is 5.97 Å². The summed E-state index contributed by atoms with van der Waals surface area (Å²) in [6, 6.07) is 0.608. The molecule has 0 N–H and O–H groups in total. The van der Waals surface area contributed by atoms with Gasteiger partial charge in [-0.3, -0.25) is 0 Å². The summed E-state index contributed by atoms with van der Waals surface area (Å²) in [6.45, 7) is 1.61. The van der Waals surface area contributed by atoms with Gasteiger partial charge in [0.25, 0.3) is 0 Å². The largest absolute Gasteiger partial charge is 0.494 e. The summed E-state index contributed by atoms with van der Waals surface area (Å²) in [5.41, 5.74) is -1.46. The van der Waals surface area contributed by atoms with Gasteiger partial charge in [0.05, 0.1) is 19.9 Å². The Hall–Kier alpha value is -1.79. The Morgan fingerprint density at radius 2 is 2.12 bits per heavy atom. The molecule has 7 heteroatoms. The van der Waals surface area contributed by atoms with E-state index in [1.165, 1.54) is 7.11 Å². The summed E-state index contributed by atoms with van der Waals surface area (Å²) < 4.78 is 46.6. The van der Waals surface area contributed by atoms with E-state index in [1.807, 2.05) is 0 Å². The van der Waals surface area contributed by atoms with Gasteiger partial charge in [0, 0.05) is 0 Å². The second-order valence-electron chi connectivity index (χ2n) is 2.99. The first-order valence-electron chi connectivity index (χ1n) is 4.68. The molecular weight excluding hydrogens is 239 g/mol. The van der Waals surface area contributed by atoms with Gasteiger partial charge in [0.2, 0.25) is 0 Å². The number of carbonyl (C=O) groups is 1. The van der Waals surface area contributed by atoms with E-state index in [9.17, 15) is 18.0 Å². The van der Waals surface area contributed by atoms with Crippen molar-refractivity contribution in [3.05, 3.63) is 23.5 Å². The van der Waals surface area contributed by atoms with Crippen LogP contribution in [-0.2, 0) is 10.9 Å². The van der Waals surface area contributed by atoms with Gasteiger partial charge < -0.3 is 9.47 Å². The summed E-state index contributed by atoms with van der Waals surface area (Å²) in [4.78, 5) is 14.6. The van der Waals surface area contributed by atoms with Gasteiger partial charge in [0.1, 0.15) is 11.3 Å². The van der Waals surface area contributed by atoms with Crippen molar-refractivity contribution in [2.45, 2.75) is 13.1 Å². The Morgan fingerprint density at radius 1 is 1.47 bits per heavy atom. The van der Waals surface area contributed by atoms with Crippen molar-refractivity contribution in [1.29, 1.82) is 0 Å². The van der Waals surface area contributed by atoms with Gasteiger partial charge >= 0.3 is 12.1 Å². The first-order valence-corrected chi connectivity index (χ1v) is 4.68. The number of esters is 1. The fraction of sp³-hybridized carbons (Fsp3) is 0.400. The molecule has 17 heavy (non-hydrogen) atoms. The smallest absolute Gasteiger partial charge is 0.433 e. The monoisotopic (exact) mass is 249 g/mol. The quantitative estimate of drug-likeness (QED) is 0.771. The number of halogens is 3. The van der Waals surface area contributed by atoms with E-state index in [0.717, 1.165) is 6.20 Å². The number of hydrogen-bond donors (Lipinski definition) is 0. The Kier molecular flexibility index (Phi) is 3.93. The predicted molar refractivity (Wildman–Crippen MR) is 51.7 cm³/mol. The van der Waals surface area contributed by atoms with Crippen molar-refractivity contribution in [1.82, 2.24) is 4.98 Å². The number of methoxy groups -OCH3 is 1. The topological polar surface area (TPSA) is 48.4 Å². The van der Waals surface area contributed by atoms with Crippen LogP contribution in [-0.4, -0.2) is 24.7 Å². The Bertz CT molecular complexity index is 418. The molecule has 4 nitrogen and oxygen atoms in total. The lowest BCUT2D eigenvalue weighted by atomic mass is 10.2. The molecule has 0 aliphatic carbocycles. The molecule has 0 fully saturated rings. The van der Waals surface area contributed by atoms with Gasteiger partial charge in [-0.2, -0.15) is 13.2 Å². The molecule has 0 aromatic carbocycles. The van der Waals surface area contributed by atoms with E-state index in [-0.39, 0.29) is 17.9 Å². The maximum absolute atomic E-state index is 12.4. The van der Waals surface area contributed by atoms with E-state index in [2.05, 4.69) is 9.72 Å². The van der Waals surface area contributed by atoms with Crippen LogP contribution in [0.2, 0.25) is 0 Å². The molecule has 0 saturated heterocycles. The first kappa shape index (κ1) is 13.3. The molecule has 94 valence electrons. The zero-order valence-corrected chi connectivity index (χ0v) is 9.17. The predicted octanol–water partition coefficient (Wildman–Crippen LogP) is 2.29. The van der Waals surface area contributed by atoms with Crippen LogP contribution in [0.5, 0.6) is 5.75 Å². The molecule has 0 bridgehead atoms. The Balaban J connectivity index is 3.20. The van der Waals surface area contributed by atoms with Crippen LogP contribution >= 0.6 is 0 Å². The minimum atomic E-state index is -4.62. The molecule has 0 atom stereocenters. The summed E-state index contributed by atoms with van der Waals surface area (Å²) in [6.07, 6.45) is -3.78. The second kappa shape index (κ2) is 5.03. The van der Waals surface area contributed by atoms with Crippen LogP contribution in [0.4, 0.5) is 13.2 Å². The van der Waals surface area contributed by atoms with Crippen molar-refractivity contribution in [3.63, 3.8) is 0 Å². The van der Waals surface area contributed by atoms with E-state index < -0.39 is 17.8 Å². The molecule has 0 amide bonds. The lowest BCUT2D eigenvalue weighted by Gasteiger charge is -2.10. The molecule has 0 aliphatic rings. The van der Waals surface area contributed by atoms with E-state index >= 15 is 0 Å². The van der Waals surface area contributed by atoms with E-state index in [4.69, 9.17) is 4.74 Å². The minimum absolute atomic E-state index is 0.0588. The molecule has 0 saturated carbocycles. The van der Waals surface area contributed by atoms with Gasteiger partial charge in [0.15, 0.2) is 5.75 Å². The van der Waals surface area contributed by atoms with Crippen molar-refractivity contribution in [3.8, 4) is 5.75 Å². The summed E-state index contributed by atoms with van der Waals surface area (Å²) in [5.74, 6) is -0.936. The third-order valence-corrected chi connectivity index (χ3v) is 1.87. The highest BCUT2D eigenvalue weighted by Crippen LogP contribution is 2.30. The number of alkyl halides is 3. The SMILES string of the molecule is CCOC(=O)c1cc(C(F)(F)F)ncc1OC. The molecular formula is C10H10F3NO3. The van der Waals surface area contributed by atoms with E-state index in [0.29, 0.717) is 6.07 Å². The molecule has 0 aliphatic heterocycles. The second-order valence-corrected chi connectivity index (χ2v) is 2.99. The molecule has 0 spiro atoms. The van der Waals surface area contributed by atoms with Crippen LogP contribution in [0.1, 0.15) is 23.0 Å². The average Bonchev–Trinajstić information content (AvgIpc) is 2.27. The highest BCUT2D eigenvalue weighted by Gasteiger charge is 2.34. The highest BCUT2D eigenvalue weighted by molar-refractivity contribution is 5.92. The number of rotatable bonds is 3. The molecule has 0 radical (unpaired) electrons. The lowest BCUT2D eigenvalue weighted by Crippen LogP contribution is -2.13. The normalized spacial score (nSPS) is 11.1. The Labute approximate surface area is 95.4 Å². The zero-order valence-electron chi connectivity index (χ0n) is 9.17. The van der Waals surface area contributed by atoms with Gasteiger partial charge in [-0.05, 0) is 13.0 Å². The summed E-state index contributed by atoms with van der Waals surface area (Å²) in [5, 5.41) is 0. The third-order valence-electron chi connectivity index (χ3n) is 1.87. The zero-order chi connectivity index (χ0) is 13.1. The van der Waals surface area contributed by atoms with Crippen LogP contribution in [0, 0.1) is 0 Å². The summed E-state index contributed by atoms with van der Waals surface area (Å²) in [7, 11) is 1.23. The number of aromatic nitrogens is 1.